The number of nitrogens with zero attached hydrogens (tertiary/aromatic N) is 2. The molecule has 3 rings (SSSR count). The molecule has 2 amide bonds. The lowest BCUT2D eigenvalue weighted by Crippen LogP contribution is -2.19. The Balaban J connectivity index is 1.71. The number of hydrogen-bond acceptors (Lipinski definition) is 5. The SMILES string of the molecule is CC(C)(C)c1cc(NC(=O)Nc2cccc(-c3cccnc3N)c2)no1. The van der Waals surface area contributed by atoms with Crippen molar-refractivity contribution in [2.24, 2.45) is 0 Å². The van der Waals surface area contributed by atoms with E-state index in [1.54, 1.807) is 18.3 Å². The molecule has 0 bridgehead atoms. The molecule has 0 radical (unpaired) electrons. The second-order valence-corrected chi connectivity index (χ2v) is 6.92. The Labute approximate surface area is 151 Å². The lowest BCUT2D eigenvalue weighted by atomic mass is 9.93. The molecule has 134 valence electrons. The first-order valence-corrected chi connectivity index (χ1v) is 8.19. The Kier molecular flexibility index (Phi) is 4.62. The molecule has 0 aliphatic rings. The Bertz CT molecular complexity index is 927. The molecular weight excluding hydrogens is 330 g/mol. The van der Waals surface area contributed by atoms with E-state index in [4.69, 9.17) is 10.3 Å². The minimum Gasteiger partial charge on any atom is -0.383 e. The van der Waals surface area contributed by atoms with Crippen LogP contribution in [0.5, 0.6) is 0 Å². The highest BCUT2D eigenvalue weighted by molar-refractivity contribution is 5.99. The normalized spacial score (nSPS) is 11.2. The molecular formula is C19H21N5O2. The monoisotopic (exact) mass is 351 g/mol. The quantitative estimate of drug-likeness (QED) is 0.654. The van der Waals surface area contributed by atoms with Crippen molar-refractivity contribution in [2.75, 3.05) is 16.4 Å². The highest BCUT2D eigenvalue weighted by Gasteiger charge is 2.20. The predicted molar refractivity (Wildman–Crippen MR) is 102 cm³/mol. The molecule has 0 fully saturated rings. The number of benzene rings is 1. The van der Waals surface area contributed by atoms with Crippen LogP contribution < -0.4 is 16.4 Å². The van der Waals surface area contributed by atoms with Gasteiger partial charge in [0.05, 0.1) is 0 Å². The molecule has 7 heteroatoms. The van der Waals surface area contributed by atoms with Gasteiger partial charge in [-0.05, 0) is 29.8 Å². The van der Waals surface area contributed by atoms with Crippen LogP contribution in [0.1, 0.15) is 26.5 Å². The zero-order valence-corrected chi connectivity index (χ0v) is 14.9. The second kappa shape index (κ2) is 6.87. The minimum absolute atomic E-state index is 0.179. The van der Waals surface area contributed by atoms with E-state index in [0.717, 1.165) is 11.1 Å². The van der Waals surface area contributed by atoms with E-state index in [2.05, 4.69) is 20.8 Å². The van der Waals surface area contributed by atoms with Gasteiger partial charge in [0, 0.05) is 28.9 Å². The number of carbonyl (C=O) groups is 1. The summed E-state index contributed by atoms with van der Waals surface area (Å²) in [6.07, 6.45) is 1.64. The maximum Gasteiger partial charge on any atom is 0.324 e. The van der Waals surface area contributed by atoms with Crippen molar-refractivity contribution in [1.82, 2.24) is 10.1 Å². The third kappa shape index (κ3) is 4.00. The van der Waals surface area contributed by atoms with Crippen molar-refractivity contribution in [1.29, 1.82) is 0 Å². The lowest BCUT2D eigenvalue weighted by molar-refractivity contribution is 0.262. The van der Waals surface area contributed by atoms with Crippen molar-refractivity contribution in [3.05, 3.63) is 54.4 Å². The van der Waals surface area contributed by atoms with Gasteiger partial charge in [-0.1, -0.05) is 38.1 Å². The van der Waals surface area contributed by atoms with E-state index in [0.29, 0.717) is 23.1 Å². The molecule has 4 N–H and O–H groups in total. The Morgan fingerprint density at radius 2 is 1.92 bits per heavy atom. The summed E-state index contributed by atoms with van der Waals surface area (Å²) in [5.41, 5.74) is 8.04. The first-order valence-electron chi connectivity index (χ1n) is 8.19. The molecule has 3 aromatic rings. The number of rotatable bonds is 3. The molecule has 2 aromatic heterocycles. The van der Waals surface area contributed by atoms with Gasteiger partial charge in [-0.25, -0.2) is 9.78 Å². The molecule has 0 aliphatic carbocycles. The van der Waals surface area contributed by atoms with E-state index in [-0.39, 0.29) is 5.41 Å². The summed E-state index contributed by atoms with van der Waals surface area (Å²) in [5.74, 6) is 1.49. The number of nitrogens with two attached hydrogens (primary N) is 1. The van der Waals surface area contributed by atoms with Gasteiger partial charge in [0.1, 0.15) is 11.6 Å². The Morgan fingerprint density at radius 1 is 1.12 bits per heavy atom. The standard InChI is InChI=1S/C19H21N5O2/c1-19(2,3)15-11-16(24-26-15)23-18(25)22-13-7-4-6-12(10-13)14-8-5-9-21-17(14)20/h4-11H,1-3H3,(H2,20,21)(H2,22,23,24,25). The first kappa shape index (κ1) is 17.5. The lowest BCUT2D eigenvalue weighted by Gasteiger charge is -2.12. The average molecular weight is 351 g/mol. The molecule has 1 aromatic carbocycles. The summed E-state index contributed by atoms with van der Waals surface area (Å²) in [6.45, 7) is 6.02. The van der Waals surface area contributed by atoms with Gasteiger partial charge < -0.3 is 15.6 Å². The van der Waals surface area contributed by atoms with E-state index in [9.17, 15) is 4.79 Å². The van der Waals surface area contributed by atoms with E-state index in [1.807, 2.05) is 51.1 Å². The zero-order chi connectivity index (χ0) is 18.7. The summed E-state index contributed by atoms with van der Waals surface area (Å²) >= 11 is 0. The van der Waals surface area contributed by atoms with Crippen molar-refractivity contribution in [3.8, 4) is 11.1 Å². The topological polar surface area (TPSA) is 106 Å². The fourth-order valence-electron chi connectivity index (χ4n) is 2.39. The van der Waals surface area contributed by atoms with Crippen LogP contribution in [0.2, 0.25) is 0 Å². The molecule has 0 saturated carbocycles. The van der Waals surface area contributed by atoms with Gasteiger partial charge in [0.2, 0.25) is 0 Å². The molecule has 7 nitrogen and oxygen atoms in total. The van der Waals surface area contributed by atoms with Crippen LogP contribution in [0.3, 0.4) is 0 Å². The van der Waals surface area contributed by atoms with E-state index < -0.39 is 6.03 Å². The maximum absolute atomic E-state index is 12.2. The number of hydrogen-bond donors (Lipinski definition) is 3. The van der Waals surface area contributed by atoms with Crippen molar-refractivity contribution in [3.63, 3.8) is 0 Å². The van der Waals surface area contributed by atoms with Crippen LogP contribution >= 0.6 is 0 Å². The summed E-state index contributed by atoms with van der Waals surface area (Å²) in [7, 11) is 0. The number of amides is 2. The predicted octanol–water partition coefficient (Wildman–Crippen LogP) is 4.26. The summed E-state index contributed by atoms with van der Waals surface area (Å²) < 4.78 is 5.26. The third-order valence-electron chi connectivity index (χ3n) is 3.76. The molecule has 26 heavy (non-hydrogen) atoms. The maximum atomic E-state index is 12.2. The number of nitrogen functional groups attached to an aromatic ring is 1. The van der Waals surface area contributed by atoms with Crippen LogP contribution in [0.25, 0.3) is 11.1 Å². The molecule has 0 spiro atoms. The summed E-state index contributed by atoms with van der Waals surface area (Å²) in [4.78, 5) is 16.3. The number of urea groups is 1. The van der Waals surface area contributed by atoms with Gasteiger partial charge in [-0.2, -0.15) is 0 Å². The number of pyridine rings is 1. The fourth-order valence-corrected chi connectivity index (χ4v) is 2.39. The van der Waals surface area contributed by atoms with Gasteiger partial charge in [0.25, 0.3) is 0 Å². The third-order valence-corrected chi connectivity index (χ3v) is 3.76. The van der Waals surface area contributed by atoms with Crippen LogP contribution in [-0.2, 0) is 5.41 Å². The smallest absolute Gasteiger partial charge is 0.324 e. The molecule has 0 unspecified atom stereocenters. The van der Waals surface area contributed by atoms with Crippen molar-refractivity contribution >= 4 is 23.4 Å². The van der Waals surface area contributed by atoms with E-state index >= 15 is 0 Å². The van der Waals surface area contributed by atoms with Crippen LogP contribution in [-0.4, -0.2) is 16.2 Å². The van der Waals surface area contributed by atoms with Gasteiger partial charge in [-0.15, -0.1) is 0 Å². The Morgan fingerprint density at radius 3 is 2.62 bits per heavy atom. The number of nitrogens with one attached hydrogen (secondary N) is 2. The molecule has 0 aliphatic heterocycles. The number of anilines is 3. The summed E-state index contributed by atoms with van der Waals surface area (Å²) in [6, 6.07) is 12.4. The van der Waals surface area contributed by atoms with Crippen molar-refractivity contribution in [2.45, 2.75) is 26.2 Å². The van der Waals surface area contributed by atoms with Gasteiger partial charge >= 0.3 is 6.03 Å². The van der Waals surface area contributed by atoms with Crippen LogP contribution in [0, 0.1) is 0 Å². The Hall–Kier alpha value is -3.35. The molecule has 0 saturated heterocycles. The highest BCUT2D eigenvalue weighted by Crippen LogP contribution is 2.27. The zero-order valence-electron chi connectivity index (χ0n) is 14.9. The van der Waals surface area contributed by atoms with Gasteiger partial charge in [-0.3, -0.25) is 5.32 Å². The number of carbonyl (C=O) groups excluding carboxylic acids is 1. The van der Waals surface area contributed by atoms with Crippen LogP contribution in [0.4, 0.5) is 22.1 Å². The van der Waals surface area contributed by atoms with Crippen LogP contribution in [0.15, 0.2) is 53.2 Å². The second-order valence-electron chi connectivity index (χ2n) is 6.92. The molecule has 0 atom stereocenters. The average Bonchev–Trinajstić information content (AvgIpc) is 3.04. The highest BCUT2D eigenvalue weighted by atomic mass is 16.5. The van der Waals surface area contributed by atoms with Gasteiger partial charge in [0.15, 0.2) is 5.82 Å². The minimum atomic E-state index is -0.407. The first-order chi connectivity index (χ1) is 12.3. The van der Waals surface area contributed by atoms with E-state index in [1.165, 1.54) is 0 Å². The largest absolute Gasteiger partial charge is 0.383 e. The number of aromatic nitrogens is 2. The van der Waals surface area contributed by atoms with Crippen molar-refractivity contribution < 1.29 is 9.32 Å². The molecule has 2 heterocycles. The fraction of sp³-hybridized carbons (Fsp3) is 0.211. The summed E-state index contributed by atoms with van der Waals surface area (Å²) in [5, 5.41) is 9.31.